The Morgan fingerprint density at radius 1 is 1.29 bits per heavy atom. The van der Waals surface area contributed by atoms with Gasteiger partial charge in [0.1, 0.15) is 12.0 Å². The van der Waals surface area contributed by atoms with E-state index in [4.69, 9.17) is 16.3 Å². The zero-order valence-corrected chi connectivity index (χ0v) is 16.5. The molecule has 3 aromatic rings. The van der Waals surface area contributed by atoms with Crippen LogP contribution in [0, 0.1) is 10.1 Å². The van der Waals surface area contributed by atoms with Gasteiger partial charge in [-0.2, -0.15) is 0 Å². The Kier molecular flexibility index (Phi) is 5.96. The third kappa shape index (κ3) is 3.85. The van der Waals surface area contributed by atoms with Gasteiger partial charge < -0.3 is 9.30 Å². The molecule has 3 rings (SSSR count). The van der Waals surface area contributed by atoms with Gasteiger partial charge in [0.15, 0.2) is 11.0 Å². The highest BCUT2D eigenvalue weighted by atomic mass is 35.5. The Morgan fingerprint density at radius 3 is 2.71 bits per heavy atom. The van der Waals surface area contributed by atoms with Gasteiger partial charge in [-0.3, -0.25) is 14.9 Å². The first-order valence-electron chi connectivity index (χ1n) is 8.17. The van der Waals surface area contributed by atoms with E-state index >= 15 is 0 Å². The first-order valence-corrected chi connectivity index (χ1v) is 9.36. The molecule has 0 fully saturated rings. The average molecular weight is 419 g/mol. The molecule has 0 spiro atoms. The number of nitrogens with zero attached hydrogens (tertiary/aromatic N) is 4. The molecular formula is C18H15ClN4O4S. The van der Waals surface area contributed by atoms with E-state index in [1.807, 2.05) is 11.5 Å². The monoisotopic (exact) mass is 418 g/mol. The lowest BCUT2D eigenvalue weighted by molar-refractivity contribution is -0.387. The Labute approximate surface area is 169 Å². The second-order valence-corrected chi connectivity index (χ2v) is 7.04. The number of aldehydes is 1. The number of hydrogen-bond acceptors (Lipinski definition) is 7. The van der Waals surface area contributed by atoms with Crippen LogP contribution < -0.4 is 4.74 Å². The molecule has 144 valence electrons. The smallest absolute Gasteiger partial charge is 0.284 e. The van der Waals surface area contributed by atoms with Crippen molar-refractivity contribution in [2.45, 2.75) is 23.5 Å². The summed E-state index contributed by atoms with van der Waals surface area (Å²) in [6.07, 6.45) is 0.569. The quantitative estimate of drug-likeness (QED) is 0.316. The van der Waals surface area contributed by atoms with Gasteiger partial charge in [0, 0.05) is 23.2 Å². The SMILES string of the molecule is CCn1c(Sc2ccc(C=O)cc2[N+](=O)[O-])nnc1-c1cc(Cl)ccc1OC. The van der Waals surface area contributed by atoms with Gasteiger partial charge in [-0.05, 0) is 43.0 Å². The second kappa shape index (κ2) is 8.41. The largest absolute Gasteiger partial charge is 0.496 e. The molecule has 8 nitrogen and oxygen atoms in total. The van der Waals surface area contributed by atoms with Crippen molar-refractivity contribution < 1.29 is 14.5 Å². The van der Waals surface area contributed by atoms with Crippen LogP contribution in [0.1, 0.15) is 17.3 Å². The van der Waals surface area contributed by atoms with E-state index in [0.29, 0.717) is 45.0 Å². The van der Waals surface area contributed by atoms with Crippen LogP contribution in [-0.4, -0.2) is 33.1 Å². The van der Waals surface area contributed by atoms with Crippen LogP contribution in [0.3, 0.4) is 0 Å². The third-order valence-electron chi connectivity index (χ3n) is 3.95. The highest BCUT2D eigenvalue weighted by Gasteiger charge is 2.21. The molecule has 28 heavy (non-hydrogen) atoms. The number of halogens is 1. The van der Waals surface area contributed by atoms with Gasteiger partial charge in [0.05, 0.1) is 22.5 Å². The van der Waals surface area contributed by atoms with Crippen molar-refractivity contribution in [2.75, 3.05) is 7.11 Å². The summed E-state index contributed by atoms with van der Waals surface area (Å²) in [5.41, 5.74) is 0.738. The number of aromatic nitrogens is 3. The van der Waals surface area contributed by atoms with Crippen molar-refractivity contribution in [3.63, 3.8) is 0 Å². The van der Waals surface area contributed by atoms with Gasteiger partial charge >= 0.3 is 0 Å². The Balaban J connectivity index is 2.06. The molecule has 0 atom stereocenters. The fourth-order valence-corrected chi connectivity index (χ4v) is 3.79. The van der Waals surface area contributed by atoms with E-state index in [1.165, 1.54) is 18.2 Å². The molecule has 1 heterocycles. The molecule has 0 N–H and O–H groups in total. The summed E-state index contributed by atoms with van der Waals surface area (Å²) in [6, 6.07) is 9.47. The van der Waals surface area contributed by atoms with E-state index in [9.17, 15) is 14.9 Å². The standard InChI is InChI=1S/C18H15ClN4O4S/c1-3-22-17(13-9-12(19)5-6-15(13)27-2)20-21-18(22)28-16-7-4-11(10-24)8-14(16)23(25)26/h4-10H,3H2,1-2H3. The molecule has 0 aliphatic carbocycles. The van der Waals surface area contributed by atoms with Gasteiger partial charge in [0.2, 0.25) is 0 Å². The zero-order chi connectivity index (χ0) is 20.3. The molecule has 0 aliphatic rings. The number of hydrogen-bond donors (Lipinski definition) is 0. The summed E-state index contributed by atoms with van der Waals surface area (Å²) in [5.74, 6) is 1.13. The predicted octanol–water partition coefficient (Wildman–Crippen LogP) is 4.50. The van der Waals surface area contributed by atoms with Crippen LogP contribution >= 0.6 is 23.4 Å². The molecule has 0 unspecified atom stereocenters. The first kappa shape index (κ1) is 19.8. The minimum atomic E-state index is -0.525. The Hall–Kier alpha value is -2.91. The number of methoxy groups -OCH3 is 1. The Morgan fingerprint density at radius 2 is 2.07 bits per heavy atom. The van der Waals surface area contributed by atoms with Crippen LogP contribution in [0.5, 0.6) is 5.75 Å². The predicted molar refractivity (Wildman–Crippen MR) is 105 cm³/mol. The van der Waals surface area contributed by atoms with E-state index in [-0.39, 0.29) is 11.3 Å². The average Bonchev–Trinajstić information content (AvgIpc) is 3.10. The lowest BCUT2D eigenvalue weighted by Gasteiger charge is -2.11. The number of nitro benzene ring substituents is 1. The fraction of sp³-hybridized carbons (Fsp3) is 0.167. The number of nitro groups is 1. The number of carbonyl (C=O) groups is 1. The van der Waals surface area contributed by atoms with Crippen LogP contribution in [0.2, 0.25) is 5.02 Å². The Bertz CT molecular complexity index is 1050. The van der Waals surface area contributed by atoms with Gasteiger partial charge in [-0.15, -0.1) is 10.2 Å². The van der Waals surface area contributed by atoms with E-state index in [1.54, 1.807) is 25.3 Å². The lowest BCUT2D eigenvalue weighted by Crippen LogP contribution is -2.01. The summed E-state index contributed by atoms with van der Waals surface area (Å²) >= 11 is 7.22. The van der Waals surface area contributed by atoms with Gasteiger partial charge in [0.25, 0.3) is 5.69 Å². The summed E-state index contributed by atoms with van der Waals surface area (Å²) in [5, 5.41) is 20.8. The molecular weight excluding hydrogens is 404 g/mol. The maximum absolute atomic E-state index is 11.4. The van der Waals surface area contributed by atoms with Crippen molar-refractivity contribution in [1.29, 1.82) is 0 Å². The van der Waals surface area contributed by atoms with Crippen LogP contribution in [0.25, 0.3) is 11.4 Å². The summed E-state index contributed by atoms with van der Waals surface area (Å²) in [4.78, 5) is 22.1. The number of rotatable bonds is 7. The third-order valence-corrected chi connectivity index (χ3v) is 5.24. The molecule has 0 saturated heterocycles. The van der Waals surface area contributed by atoms with Crippen molar-refractivity contribution >= 4 is 35.3 Å². The number of ether oxygens (including phenoxy) is 1. The topological polar surface area (TPSA) is 100 Å². The first-order chi connectivity index (χ1) is 13.5. The summed E-state index contributed by atoms with van der Waals surface area (Å²) in [7, 11) is 1.55. The lowest BCUT2D eigenvalue weighted by atomic mass is 10.2. The highest BCUT2D eigenvalue weighted by molar-refractivity contribution is 7.99. The molecule has 0 radical (unpaired) electrons. The summed E-state index contributed by atoms with van der Waals surface area (Å²) in [6.45, 7) is 2.44. The maximum atomic E-state index is 11.4. The summed E-state index contributed by atoms with van der Waals surface area (Å²) < 4.78 is 7.20. The minimum Gasteiger partial charge on any atom is -0.496 e. The fourth-order valence-electron chi connectivity index (χ4n) is 2.64. The number of carbonyl (C=O) groups excluding carboxylic acids is 1. The van der Waals surface area contributed by atoms with Crippen molar-refractivity contribution in [3.8, 4) is 17.1 Å². The molecule has 0 amide bonds. The number of benzene rings is 2. The molecule has 0 bridgehead atoms. The van der Waals surface area contributed by atoms with Crippen LogP contribution in [0.15, 0.2) is 46.5 Å². The molecule has 2 aromatic carbocycles. The molecule has 0 aliphatic heterocycles. The van der Waals surface area contributed by atoms with E-state index in [2.05, 4.69) is 10.2 Å². The van der Waals surface area contributed by atoms with Crippen molar-refractivity contribution in [2.24, 2.45) is 0 Å². The molecule has 10 heteroatoms. The van der Waals surface area contributed by atoms with Gasteiger partial charge in [-0.1, -0.05) is 17.7 Å². The van der Waals surface area contributed by atoms with Crippen molar-refractivity contribution in [1.82, 2.24) is 14.8 Å². The molecule has 1 aromatic heterocycles. The minimum absolute atomic E-state index is 0.165. The second-order valence-electron chi connectivity index (χ2n) is 5.60. The van der Waals surface area contributed by atoms with E-state index < -0.39 is 4.92 Å². The van der Waals surface area contributed by atoms with Crippen molar-refractivity contribution in [3.05, 3.63) is 57.1 Å². The maximum Gasteiger partial charge on any atom is 0.284 e. The van der Waals surface area contributed by atoms with Gasteiger partial charge in [-0.25, -0.2) is 0 Å². The highest BCUT2D eigenvalue weighted by Crippen LogP contribution is 2.37. The van der Waals surface area contributed by atoms with Crippen LogP contribution in [0.4, 0.5) is 5.69 Å². The molecule has 0 saturated carbocycles. The van der Waals surface area contributed by atoms with Crippen LogP contribution in [-0.2, 0) is 6.54 Å². The normalized spacial score (nSPS) is 10.7. The zero-order valence-electron chi connectivity index (χ0n) is 15.0. The van der Waals surface area contributed by atoms with E-state index in [0.717, 1.165) is 11.8 Å².